The fourth-order valence-electron chi connectivity index (χ4n) is 2.65. The number of nitrogens with one attached hydrogen (secondary N) is 1. The van der Waals surface area contributed by atoms with E-state index in [0.717, 1.165) is 11.3 Å². The van der Waals surface area contributed by atoms with Gasteiger partial charge < -0.3 is 10.2 Å². The van der Waals surface area contributed by atoms with E-state index in [4.69, 9.17) is 0 Å². The molecule has 3 aromatic rings. The van der Waals surface area contributed by atoms with Gasteiger partial charge in [0.25, 0.3) is 0 Å². The van der Waals surface area contributed by atoms with Crippen molar-refractivity contribution < 1.29 is 4.79 Å². The highest BCUT2D eigenvalue weighted by Gasteiger charge is 2.10. The van der Waals surface area contributed by atoms with Crippen molar-refractivity contribution >= 4 is 6.03 Å². The molecule has 2 amide bonds. The Kier molecular flexibility index (Phi) is 5.14. The molecule has 0 spiro atoms. The van der Waals surface area contributed by atoms with Crippen molar-refractivity contribution in [1.29, 1.82) is 0 Å². The summed E-state index contributed by atoms with van der Waals surface area (Å²) < 4.78 is 1.75. The average Bonchev–Trinajstić information content (AvgIpc) is 3.06. The number of hydrogen-bond acceptors (Lipinski definition) is 2. The van der Waals surface area contributed by atoms with E-state index >= 15 is 0 Å². The minimum atomic E-state index is -0.103. The molecule has 25 heavy (non-hydrogen) atoms. The van der Waals surface area contributed by atoms with Crippen LogP contribution in [0.3, 0.4) is 0 Å². The molecule has 1 heterocycles. The molecule has 128 valence electrons. The first-order valence-electron chi connectivity index (χ1n) is 8.23. The number of amides is 2. The number of nitrogens with zero attached hydrogens (tertiary/aromatic N) is 3. The lowest BCUT2D eigenvalue weighted by atomic mass is 10.0. The lowest BCUT2D eigenvalue weighted by Gasteiger charge is -2.18. The summed E-state index contributed by atoms with van der Waals surface area (Å²) in [6, 6.07) is 20.3. The van der Waals surface area contributed by atoms with Crippen molar-refractivity contribution in [2.24, 2.45) is 7.05 Å². The molecule has 5 nitrogen and oxygen atoms in total. The molecule has 0 bridgehead atoms. The van der Waals surface area contributed by atoms with Gasteiger partial charge in [-0.3, -0.25) is 4.68 Å². The zero-order valence-corrected chi connectivity index (χ0v) is 14.5. The third-order valence-electron chi connectivity index (χ3n) is 4.17. The summed E-state index contributed by atoms with van der Waals surface area (Å²) in [5.74, 6) is 0. The average molecular weight is 334 g/mol. The molecule has 5 heteroatoms. The Morgan fingerprint density at radius 2 is 1.72 bits per heavy atom. The maximum Gasteiger partial charge on any atom is 0.317 e. The number of hydrogen-bond donors (Lipinski definition) is 1. The molecular weight excluding hydrogens is 312 g/mol. The normalized spacial score (nSPS) is 10.5. The molecule has 2 aromatic carbocycles. The molecule has 0 saturated carbocycles. The van der Waals surface area contributed by atoms with E-state index < -0.39 is 0 Å². The Labute approximate surface area is 147 Å². The second kappa shape index (κ2) is 7.66. The number of aromatic nitrogens is 2. The van der Waals surface area contributed by atoms with Crippen molar-refractivity contribution in [3.8, 4) is 11.1 Å². The van der Waals surface area contributed by atoms with Crippen molar-refractivity contribution in [2.75, 3.05) is 7.05 Å². The van der Waals surface area contributed by atoms with E-state index in [-0.39, 0.29) is 6.03 Å². The Bertz CT molecular complexity index is 824. The van der Waals surface area contributed by atoms with Crippen LogP contribution >= 0.6 is 0 Å². The first-order chi connectivity index (χ1) is 12.1. The van der Waals surface area contributed by atoms with Crippen LogP contribution in [0.25, 0.3) is 11.1 Å². The Balaban J connectivity index is 1.56. The van der Waals surface area contributed by atoms with Gasteiger partial charge in [-0.1, -0.05) is 54.6 Å². The molecule has 1 aromatic heterocycles. The summed E-state index contributed by atoms with van der Waals surface area (Å²) in [5, 5.41) is 7.00. The highest BCUT2D eigenvalue weighted by atomic mass is 16.2. The van der Waals surface area contributed by atoms with E-state index in [1.54, 1.807) is 22.8 Å². The number of rotatable bonds is 5. The van der Waals surface area contributed by atoms with Crippen molar-refractivity contribution in [3.63, 3.8) is 0 Å². The predicted octanol–water partition coefficient (Wildman–Crippen LogP) is 3.43. The summed E-state index contributed by atoms with van der Waals surface area (Å²) in [5.41, 5.74) is 4.43. The quantitative estimate of drug-likeness (QED) is 0.777. The standard InChI is InChI=1S/C20H22N4O/c1-23(20(25)21-14-19-12-13-22-24(19)2)15-16-8-10-18(11-9-16)17-6-4-3-5-7-17/h3-13H,14-15H2,1-2H3,(H,21,25). The van der Waals surface area contributed by atoms with Crippen LogP contribution in [0.15, 0.2) is 66.9 Å². The van der Waals surface area contributed by atoms with Gasteiger partial charge in [0.05, 0.1) is 12.2 Å². The second-order valence-electron chi connectivity index (χ2n) is 6.02. The van der Waals surface area contributed by atoms with Crippen LogP contribution in [0, 0.1) is 0 Å². The van der Waals surface area contributed by atoms with Gasteiger partial charge in [-0.15, -0.1) is 0 Å². The molecule has 0 atom stereocenters. The lowest BCUT2D eigenvalue weighted by molar-refractivity contribution is 0.206. The largest absolute Gasteiger partial charge is 0.332 e. The summed E-state index contributed by atoms with van der Waals surface area (Å²) in [6.07, 6.45) is 1.72. The summed E-state index contributed by atoms with van der Waals surface area (Å²) >= 11 is 0. The first-order valence-corrected chi connectivity index (χ1v) is 8.23. The molecule has 0 aliphatic rings. The number of aryl methyl sites for hydroxylation is 1. The Morgan fingerprint density at radius 3 is 2.36 bits per heavy atom. The molecule has 0 aliphatic carbocycles. The number of urea groups is 1. The van der Waals surface area contributed by atoms with E-state index in [1.165, 1.54) is 11.1 Å². The predicted molar refractivity (Wildman–Crippen MR) is 98.8 cm³/mol. The molecule has 0 unspecified atom stereocenters. The van der Waals surface area contributed by atoms with E-state index in [0.29, 0.717) is 13.1 Å². The van der Waals surface area contributed by atoms with Crippen molar-refractivity contribution in [3.05, 3.63) is 78.1 Å². The van der Waals surface area contributed by atoms with Crippen molar-refractivity contribution in [2.45, 2.75) is 13.1 Å². The van der Waals surface area contributed by atoms with Crippen LogP contribution in [-0.4, -0.2) is 27.8 Å². The van der Waals surface area contributed by atoms with Gasteiger partial charge in [0.2, 0.25) is 0 Å². The van der Waals surface area contributed by atoms with Gasteiger partial charge in [0.1, 0.15) is 0 Å². The summed E-state index contributed by atoms with van der Waals surface area (Å²) in [7, 11) is 3.66. The SMILES string of the molecule is CN(Cc1ccc(-c2ccccc2)cc1)C(=O)NCc1ccnn1C. The summed E-state index contributed by atoms with van der Waals surface area (Å²) in [6.45, 7) is 1.03. The Hall–Kier alpha value is -3.08. The zero-order valence-electron chi connectivity index (χ0n) is 14.5. The molecule has 1 N–H and O–H groups in total. The highest BCUT2D eigenvalue weighted by molar-refractivity contribution is 5.73. The summed E-state index contributed by atoms with van der Waals surface area (Å²) in [4.78, 5) is 13.9. The van der Waals surface area contributed by atoms with E-state index in [1.807, 2.05) is 31.3 Å². The van der Waals surface area contributed by atoms with Crippen LogP contribution in [0.2, 0.25) is 0 Å². The number of carbonyl (C=O) groups excluding carboxylic acids is 1. The zero-order chi connectivity index (χ0) is 17.6. The van der Waals surface area contributed by atoms with Crippen LogP contribution in [-0.2, 0) is 20.1 Å². The minimum Gasteiger partial charge on any atom is -0.332 e. The second-order valence-corrected chi connectivity index (χ2v) is 6.02. The first kappa shape index (κ1) is 16.8. The van der Waals surface area contributed by atoms with Crippen molar-refractivity contribution in [1.82, 2.24) is 20.0 Å². The van der Waals surface area contributed by atoms with E-state index in [9.17, 15) is 4.79 Å². The van der Waals surface area contributed by atoms with Gasteiger partial charge in [-0.05, 0) is 22.8 Å². The van der Waals surface area contributed by atoms with Gasteiger partial charge >= 0.3 is 6.03 Å². The molecular formula is C20H22N4O. The fourth-order valence-corrected chi connectivity index (χ4v) is 2.65. The third-order valence-corrected chi connectivity index (χ3v) is 4.17. The van der Waals surface area contributed by atoms with Crippen LogP contribution in [0.5, 0.6) is 0 Å². The van der Waals surface area contributed by atoms with Crippen LogP contribution in [0.4, 0.5) is 4.79 Å². The minimum absolute atomic E-state index is 0.103. The van der Waals surface area contributed by atoms with Crippen LogP contribution in [0.1, 0.15) is 11.3 Å². The lowest BCUT2D eigenvalue weighted by Crippen LogP contribution is -2.36. The molecule has 0 fully saturated rings. The molecule has 0 aliphatic heterocycles. The molecule has 3 rings (SSSR count). The van der Waals surface area contributed by atoms with Gasteiger partial charge in [0, 0.05) is 26.8 Å². The number of benzene rings is 2. The van der Waals surface area contributed by atoms with Gasteiger partial charge in [-0.25, -0.2) is 4.79 Å². The smallest absolute Gasteiger partial charge is 0.317 e. The van der Waals surface area contributed by atoms with Crippen LogP contribution < -0.4 is 5.32 Å². The van der Waals surface area contributed by atoms with E-state index in [2.05, 4.69) is 46.8 Å². The monoisotopic (exact) mass is 334 g/mol. The Morgan fingerprint density at radius 1 is 1.04 bits per heavy atom. The fraction of sp³-hybridized carbons (Fsp3) is 0.200. The molecule has 0 radical (unpaired) electrons. The van der Waals surface area contributed by atoms with Gasteiger partial charge in [-0.2, -0.15) is 5.10 Å². The third kappa shape index (κ3) is 4.26. The molecule has 0 saturated heterocycles. The maximum atomic E-state index is 12.2. The highest BCUT2D eigenvalue weighted by Crippen LogP contribution is 2.19. The maximum absolute atomic E-state index is 12.2. The van der Waals surface area contributed by atoms with Gasteiger partial charge in [0.15, 0.2) is 0 Å². The number of carbonyl (C=O) groups is 1. The topological polar surface area (TPSA) is 50.2 Å².